The molecule has 1 aliphatic carbocycles. The molecule has 0 saturated heterocycles. The van der Waals surface area contributed by atoms with Crippen LogP contribution in [0.5, 0.6) is 0 Å². The number of anilines is 1. The Morgan fingerprint density at radius 2 is 1.95 bits per heavy atom. The Bertz CT molecular complexity index is 662. The van der Waals surface area contributed by atoms with Gasteiger partial charge in [0.1, 0.15) is 5.82 Å². The van der Waals surface area contributed by atoms with Gasteiger partial charge in [-0.15, -0.1) is 0 Å². The van der Waals surface area contributed by atoms with Crippen LogP contribution in [0, 0.1) is 0 Å². The first kappa shape index (κ1) is 13.9. The number of rotatable bonds is 2. The fourth-order valence-electron chi connectivity index (χ4n) is 3.20. The molecule has 1 aromatic heterocycles. The van der Waals surface area contributed by atoms with E-state index in [-0.39, 0.29) is 5.91 Å². The van der Waals surface area contributed by atoms with Crippen LogP contribution in [-0.4, -0.2) is 28.9 Å². The van der Waals surface area contributed by atoms with Crippen LogP contribution in [0.3, 0.4) is 0 Å². The third-order valence-corrected chi connectivity index (χ3v) is 4.41. The number of carbonyl (C=O) groups is 1. The Morgan fingerprint density at radius 3 is 2.71 bits per heavy atom. The van der Waals surface area contributed by atoms with E-state index in [1.807, 2.05) is 36.2 Å². The van der Waals surface area contributed by atoms with E-state index in [0.29, 0.717) is 17.4 Å². The summed E-state index contributed by atoms with van der Waals surface area (Å²) in [7, 11) is 1.91. The summed E-state index contributed by atoms with van der Waals surface area (Å²) in [6, 6.07) is 9.71. The molecule has 1 heterocycles. The Balaban J connectivity index is 1.97. The monoisotopic (exact) mass is 283 g/mol. The van der Waals surface area contributed by atoms with E-state index in [0.717, 1.165) is 23.7 Å². The van der Waals surface area contributed by atoms with Gasteiger partial charge in [0.2, 0.25) is 0 Å². The van der Waals surface area contributed by atoms with Crippen LogP contribution in [0.25, 0.3) is 10.9 Å². The molecule has 3 rings (SSSR count). The zero-order chi connectivity index (χ0) is 14.8. The molecular weight excluding hydrogens is 262 g/mol. The molecule has 1 aromatic carbocycles. The van der Waals surface area contributed by atoms with Crippen LogP contribution >= 0.6 is 0 Å². The van der Waals surface area contributed by atoms with Gasteiger partial charge in [0.15, 0.2) is 0 Å². The zero-order valence-corrected chi connectivity index (χ0v) is 12.4. The summed E-state index contributed by atoms with van der Waals surface area (Å²) >= 11 is 0. The molecule has 110 valence electrons. The minimum atomic E-state index is 0.0483. The lowest BCUT2D eigenvalue weighted by atomic mass is 9.94. The van der Waals surface area contributed by atoms with Crippen LogP contribution in [0.1, 0.15) is 42.5 Å². The summed E-state index contributed by atoms with van der Waals surface area (Å²) in [6.45, 7) is 0. The highest BCUT2D eigenvalue weighted by Crippen LogP contribution is 2.25. The van der Waals surface area contributed by atoms with E-state index in [2.05, 4.69) is 4.98 Å². The summed E-state index contributed by atoms with van der Waals surface area (Å²) in [5, 5.41) is 0.874. The number of nitrogen functional groups attached to an aromatic ring is 1. The largest absolute Gasteiger partial charge is 0.384 e. The van der Waals surface area contributed by atoms with Gasteiger partial charge >= 0.3 is 0 Å². The van der Waals surface area contributed by atoms with E-state index in [9.17, 15) is 4.79 Å². The Kier molecular flexibility index (Phi) is 3.78. The van der Waals surface area contributed by atoms with E-state index < -0.39 is 0 Å². The molecule has 0 aliphatic heterocycles. The average Bonchev–Trinajstić information content (AvgIpc) is 2.53. The number of amides is 1. The van der Waals surface area contributed by atoms with Gasteiger partial charge in [-0.3, -0.25) is 4.79 Å². The summed E-state index contributed by atoms with van der Waals surface area (Å²) in [5.74, 6) is 0.446. The lowest BCUT2D eigenvalue weighted by Crippen LogP contribution is -2.38. The molecule has 1 fully saturated rings. The first-order chi connectivity index (χ1) is 10.2. The molecule has 1 saturated carbocycles. The van der Waals surface area contributed by atoms with Crippen molar-refractivity contribution < 1.29 is 4.79 Å². The normalized spacial score (nSPS) is 16.0. The highest BCUT2D eigenvalue weighted by molar-refractivity contribution is 6.06. The number of para-hydroxylation sites is 1. The van der Waals surface area contributed by atoms with E-state index in [4.69, 9.17) is 5.73 Å². The van der Waals surface area contributed by atoms with Crippen LogP contribution in [0.2, 0.25) is 0 Å². The van der Waals surface area contributed by atoms with Crippen LogP contribution in [0.4, 0.5) is 5.82 Å². The summed E-state index contributed by atoms with van der Waals surface area (Å²) in [5.41, 5.74) is 7.29. The predicted molar refractivity (Wildman–Crippen MR) is 85.1 cm³/mol. The van der Waals surface area contributed by atoms with E-state index in [1.165, 1.54) is 19.3 Å². The van der Waals surface area contributed by atoms with Crippen LogP contribution < -0.4 is 5.73 Å². The molecule has 4 heteroatoms. The number of nitrogens with two attached hydrogens (primary N) is 1. The third kappa shape index (κ3) is 2.71. The molecule has 0 bridgehead atoms. The van der Waals surface area contributed by atoms with Crippen LogP contribution in [-0.2, 0) is 0 Å². The molecule has 2 N–H and O–H groups in total. The molecule has 1 aliphatic rings. The minimum absolute atomic E-state index is 0.0483. The Morgan fingerprint density at radius 1 is 1.24 bits per heavy atom. The molecule has 0 unspecified atom stereocenters. The van der Waals surface area contributed by atoms with Crippen molar-refractivity contribution in [1.29, 1.82) is 0 Å². The number of pyridine rings is 1. The lowest BCUT2D eigenvalue weighted by molar-refractivity contribution is 0.0698. The van der Waals surface area contributed by atoms with Gasteiger partial charge in [0, 0.05) is 18.5 Å². The number of carbonyl (C=O) groups excluding carboxylic acids is 1. The quantitative estimate of drug-likeness (QED) is 0.920. The van der Waals surface area contributed by atoms with E-state index >= 15 is 0 Å². The van der Waals surface area contributed by atoms with Gasteiger partial charge in [-0.1, -0.05) is 37.5 Å². The molecule has 2 aromatic rings. The molecule has 0 atom stereocenters. The first-order valence-electron chi connectivity index (χ1n) is 7.59. The third-order valence-electron chi connectivity index (χ3n) is 4.41. The summed E-state index contributed by atoms with van der Waals surface area (Å²) in [6.07, 6.45) is 5.90. The average molecular weight is 283 g/mol. The second-order valence-corrected chi connectivity index (χ2v) is 5.82. The highest BCUT2D eigenvalue weighted by Gasteiger charge is 2.24. The van der Waals surface area contributed by atoms with E-state index in [1.54, 1.807) is 6.07 Å². The molecular formula is C17H21N3O. The maximum atomic E-state index is 12.9. The molecule has 0 radical (unpaired) electrons. The second kappa shape index (κ2) is 5.72. The highest BCUT2D eigenvalue weighted by atomic mass is 16.2. The predicted octanol–water partition coefficient (Wildman–Crippen LogP) is 3.22. The van der Waals surface area contributed by atoms with Crippen molar-refractivity contribution in [2.45, 2.75) is 38.1 Å². The fraction of sp³-hybridized carbons (Fsp3) is 0.412. The standard InChI is InChI=1S/C17H21N3O/c1-20(12-7-3-2-4-8-12)17(21)14-11-16(18)19-15-10-6-5-9-13(14)15/h5-6,9-12H,2-4,7-8H2,1H3,(H2,18,19). The number of benzene rings is 1. The van der Waals surface area contributed by atoms with Gasteiger partial charge in [-0.2, -0.15) is 0 Å². The molecule has 4 nitrogen and oxygen atoms in total. The van der Waals surface area contributed by atoms with Crippen molar-refractivity contribution in [3.63, 3.8) is 0 Å². The lowest BCUT2D eigenvalue weighted by Gasteiger charge is -2.31. The number of aromatic nitrogens is 1. The SMILES string of the molecule is CN(C(=O)c1cc(N)nc2ccccc12)C1CCCCC1. The van der Waals surface area contributed by atoms with Gasteiger partial charge in [0.05, 0.1) is 11.1 Å². The minimum Gasteiger partial charge on any atom is -0.384 e. The number of nitrogens with zero attached hydrogens (tertiary/aromatic N) is 2. The maximum Gasteiger partial charge on any atom is 0.254 e. The van der Waals surface area contributed by atoms with Gasteiger partial charge in [0.25, 0.3) is 5.91 Å². The molecule has 0 spiro atoms. The van der Waals surface area contributed by atoms with Crippen molar-refractivity contribution in [2.24, 2.45) is 0 Å². The first-order valence-corrected chi connectivity index (χ1v) is 7.59. The summed E-state index contributed by atoms with van der Waals surface area (Å²) < 4.78 is 0. The van der Waals surface area contributed by atoms with Crippen molar-refractivity contribution >= 4 is 22.6 Å². The number of hydrogen-bond donors (Lipinski definition) is 1. The van der Waals surface area contributed by atoms with Gasteiger partial charge in [-0.25, -0.2) is 4.98 Å². The number of fused-ring (bicyclic) bond motifs is 1. The fourth-order valence-corrected chi connectivity index (χ4v) is 3.20. The van der Waals surface area contributed by atoms with Gasteiger partial charge < -0.3 is 10.6 Å². The topological polar surface area (TPSA) is 59.2 Å². The molecule has 21 heavy (non-hydrogen) atoms. The van der Waals surface area contributed by atoms with Crippen molar-refractivity contribution in [2.75, 3.05) is 12.8 Å². The smallest absolute Gasteiger partial charge is 0.254 e. The van der Waals surface area contributed by atoms with Gasteiger partial charge in [-0.05, 0) is 25.0 Å². The Labute approximate surface area is 125 Å². The Hall–Kier alpha value is -2.10. The van der Waals surface area contributed by atoms with Crippen molar-refractivity contribution in [1.82, 2.24) is 9.88 Å². The number of hydrogen-bond acceptors (Lipinski definition) is 3. The van der Waals surface area contributed by atoms with Crippen LogP contribution in [0.15, 0.2) is 30.3 Å². The maximum absolute atomic E-state index is 12.9. The van der Waals surface area contributed by atoms with Crippen molar-refractivity contribution in [3.8, 4) is 0 Å². The molecule has 1 amide bonds. The summed E-state index contributed by atoms with van der Waals surface area (Å²) in [4.78, 5) is 19.0. The van der Waals surface area contributed by atoms with Crippen molar-refractivity contribution in [3.05, 3.63) is 35.9 Å². The zero-order valence-electron chi connectivity index (χ0n) is 12.4. The second-order valence-electron chi connectivity index (χ2n) is 5.82.